The summed E-state index contributed by atoms with van der Waals surface area (Å²) in [6, 6.07) is 42.8. The fourth-order valence-corrected chi connectivity index (χ4v) is 6.55. The van der Waals surface area contributed by atoms with Crippen LogP contribution in [0.5, 0.6) is 0 Å². The van der Waals surface area contributed by atoms with Crippen molar-refractivity contribution in [1.29, 1.82) is 0 Å². The lowest BCUT2D eigenvalue weighted by atomic mass is 9.53. The predicted octanol–water partition coefficient (Wildman–Crippen LogP) is 8.84. The van der Waals surface area contributed by atoms with Crippen molar-refractivity contribution < 1.29 is 4.79 Å². The number of carbonyl (C=O) groups excluding carboxylic acids is 1. The van der Waals surface area contributed by atoms with E-state index in [4.69, 9.17) is 0 Å². The molecule has 4 aromatic rings. The Labute approximate surface area is 220 Å². The molecule has 4 aromatic carbocycles. The predicted molar refractivity (Wildman–Crippen MR) is 154 cm³/mol. The highest BCUT2D eigenvalue weighted by Crippen LogP contribution is 2.61. The highest BCUT2D eigenvalue weighted by molar-refractivity contribution is 6.26. The van der Waals surface area contributed by atoms with Crippen LogP contribution in [0.25, 0.3) is 22.3 Å². The van der Waals surface area contributed by atoms with Crippen LogP contribution in [0.15, 0.2) is 121 Å². The van der Waals surface area contributed by atoms with Crippen LogP contribution < -0.4 is 0 Å². The quantitative estimate of drug-likeness (QED) is 0.285. The molecular formula is C36H32O. The fraction of sp³-hybridized carbons (Fsp3) is 0.194. The number of fused-ring (bicyclic) bond motifs is 1. The number of Topliss-reactive ketones (excluding diaryl/α,β-unsaturated/α-hetero) is 1. The standard InChI is InChI=1S/C36H32O/c1-36(2)24-23-29(37)34-32(27-19-11-5-12-20-27)30(25-15-7-3-8-16-25)31(26-17-9-4-10-18-26)33(35(34)36)28-21-13-6-14-22-28/h3-22,34-35H,23-24H2,1-2H3. The van der Waals surface area contributed by atoms with E-state index >= 15 is 0 Å². The van der Waals surface area contributed by atoms with Crippen LogP contribution in [0.3, 0.4) is 0 Å². The van der Waals surface area contributed by atoms with Gasteiger partial charge in [0.05, 0.1) is 5.92 Å². The minimum absolute atomic E-state index is 0.0357. The van der Waals surface area contributed by atoms with Gasteiger partial charge >= 0.3 is 0 Å². The number of carbonyl (C=O) groups is 1. The Balaban J connectivity index is 1.82. The Kier molecular flexibility index (Phi) is 6.00. The Morgan fingerprint density at radius 2 is 0.919 bits per heavy atom. The van der Waals surface area contributed by atoms with Gasteiger partial charge in [0.1, 0.15) is 5.78 Å². The Bertz CT molecular complexity index is 1480. The van der Waals surface area contributed by atoms with Gasteiger partial charge in [-0.25, -0.2) is 0 Å². The van der Waals surface area contributed by atoms with Gasteiger partial charge in [-0.1, -0.05) is 135 Å². The third-order valence-corrected chi connectivity index (χ3v) is 8.24. The van der Waals surface area contributed by atoms with Crippen molar-refractivity contribution in [1.82, 2.24) is 0 Å². The molecule has 0 heterocycles. The summed E-state index contributed by atoms with van der Waals surface area (Å²) >= 11 is 0. The fourth-order valence-electron chi connectivity index (χ4n) is 6.55. The van der Waals surface area contributed by atoms with Gasteiger partial charge < -0.3 is 0 Å². The van der Waals surface area contributed by atoms with Gasteiger partial charge in [0.25, 0.3) is 0 Å². The molecule has 0 spiro atoms. The molecule has 37 heavy (non-hydrogen) atoms. The van der Waals surface area contributed by atoms with Gasteiger partial charge in [0.2, 0.25) is 0 Å². The Morgan fingerprint density at radius 3 is 1.38 bits per heavy atom. The van der Waals surface area contributed by atoms with Crippen molar-refractivity contribution in [3.05, 3.63) is 144 Å². The zero-order chi connectivity index (χ0) is 25.4. The summed E-state index contributed by atoms with van der Waals surface area (Å²) < 4.78 is 0. The van der Waals surface area contributed by atoms with Crippen molar-refractivity contribution in [3.8, 4) is 0 Å². The number of hydrogen-bond donors (Lipinski definition) is 0. The second-order valence-electron chi connectivity index (χ2n) is 11.0. The second kappa shape index (κ2) is 9.48. The van der Waals surface area contributed by atoms with Gasteiger partial charge in [-0.3, -0.25) is 4.79 Å². The van der Waals surface area contributed by atoms with Crippen molar-refractivity contribution in [2.75, 3.05) is 0 Å². The van der Waals surface area contributed by atoms with Crippen LogP contribution in [-0.4, -0.2) is 5.78 Å². The molecule has 0 amide bonds. The number of benzene rings is 4. The van der Waals surface area contributed by atoms with Gasteiger partial charge in [-0.15, -0.1) is 0 Å². The molecule has 2 aliphatic carbocycles. The van der Waals surface area contributed by atoms with Gasteiger partial charge in [0.15, 0.2) is 0 Å². The number of allylic oxidation sites excluding steroid dienone is 4. The van der Waals surface area contributed by atoms with E-state index in [1.165, 1.54) is 33.4 Å². The monoisotopic (exact) mass is 480 g/mol. The summed E-state index contributed by atoms with van der Waals surface area (Å²) in [5.74, 6) is 0.246. The molecule has 2 aliphatic rings. The van der Waals surface area contributed by atoms with E-state index in [9.17, 15) is 4.79 Å². The second-order valence-corrected chi connectivity index (χ2v) is 11.0. The molecule has 0 aliphatic heterocycles. The lowest BCUT2D eigenvalue weighted by Gasteiger charge is -2.49. The average molecular weight is 481 g/mol. The lowest BCUT2D eigenvalue weighted by Crippen LogP contribution is -2.43. The molecule has 0 bridgehead atoms. The topological polar surface area (TPSA) is 17.1 Å². The summed E-state index contributed by atoms with van der Waals surface area (Å²) in [7, 11) is 0. The lowest BCUT2D eigenvalue weighted by molar-refractivity contribution is -0.126. The Hall–Kier alpha value is -3.97. The van der Waals surface area contributed by atoms with E-state index in [1.807, 2.05) is 0 Å². The maximum atomic E-state index is 14.0. The van der Waals surface area contributed by atoms with Gasteiger partial charge in [0, 0.05) is 12.3 Å². The molecular weight excluding hydrogens is 448 g/mol. The summed E-state index contributed by atoms with van der Waals surface area (Å²) in [6.45, 7) is 4.72. The largest absolute Gasteiger partial charge is 0.299 e. The van der Waals surface area contributed by atoms with E-state index < -0.39 is 0 Å². The van der Waals surface area contributed by atoms with E-state index in [-0.39, 0.29) is 17.3 Å². The minimum Gasteiger partial charge on any atom is -0.299 e. The first-order valence-electron chi connectivity index (χ1n) is 13.3. The molecule has 1 heteroatoms. The molecule has 6 rings (SSSR count). The molecule has 0 aromatic heterocycles. The summed E-state index contributed by atoms with van der Waals surface area (Å²) in [5, 5.41) is 0. The van der Waals surface area contributed by atoms with Crippen molar-refractivity contribution in [2.45, 2.75) is 26.7 Å². The molecule has 0 N–H and O–H groups in total. The zero-order valence-electron chi connectivity index (χ0n) is 21.5. The first kappa shape index (κ1) is 23.4. The smallest absolute Gasteiger partial charge is 0.141 e. The maximum absolute atomic E-state index is 14.0. The summed E-state index contributed by atoms with van der Waals surface area (Å²) in [5.41, 5.74) is 9.57. The highest BCUT2D eigenvalue weighted by atomic mass is 16.1. The van der Waals surface area contributed by atoms with Crippen LogP contribution in [0.2, 0.25) is 0 Å². The van der Waals surface area contributed by atoms with E-state index in [0.717, 1.165) is 17.5 Å². The number of rotatable bonds is 4. The highest BCUT2D eigenvalue weighted by Gasteiger charge is 2.51. The van der Waals surface area contributed by atoms with Crippen LogP contribution in [0, 0.1) is 17.3 Å². The molecule has 182 valence electrons. The van der Waals surface area contributed by atoms with Crippen LogP contribution in [0.1, 0.15) is 48.9 Å². The third-order valence-electron chi connectivity index (χ3n) is 8.24. The van der Waals surface area contributed by atoms with Crippen molar-refractivity contribution >= 4 is 28.1 Å². The Morgan fingerprint density at radius 1 is 0.541 bits per heavy atom. The van der Waals surface area contributed by atoms with E-state index in [0.29, 0.717) is 12.2 Å². The number of ketones is 1. The maximum Gasteiger partial charge on any atom is 0.141 e. The first-order chi connectivity index (χ1) is 18.1. The minimum atomic E-state index is -0.191. The van der Waals surface area contributed by atoms with Crippen LogP contribution in [-0.2, 0) is 4.79 Å². The average Bonchev–Trinajstić information content (AvgIpc) is 2.95. The molecule has 0 radical (unpaired) electrons. The zero-order valence-corrected chi connectivity index (χ0v) is 21.5. The molecule has 1 nitrogen and oxygen atoms in total. The molecule has 2 atom stereocenters. The molecule has 2 unspecified atom stereocenters. The van der Waals surface area contributed by atoms with Gasteiger partial charge in [-0.05, 0) is 56.4 Å². The number of hydrogen-bond acceptors (Lipinski definition) is 1. The SMILES string of the molecule is CC1(C)CCC(=O)C2C(c3ccccc3)=C(c3ccccc3)C(c3ccccc3)=C(c3ccccc3)C21. The third kappa shape index (κ3) is 4.09. The summed E-state index contributed by atoms with van der Waals surface area (Å²) in [4.78, 5) is 14.0. The molecule has 0 saturated heterocycles. The van der Waals surface area contributed by atoms with Crippen molar-refractivity contribution in [2.24, 2.45) is 17.3 Å². The van der Waals surface area contributed by atoms with Crippen molar-refractivity contribution in [3.63, 3.8) is 0 Å². The van der Waals surface area contributed by atoms with Crippen LogP contribution >= 0.6 is 0 Å². The summed E-state index contributed by atoms with van der Waals surface area (Å²) in [6.07, 6.45) is 1.52. The molecule has 1 fully saturated rings. The normalized spacial score (nSPS) is 21.1. The van der Waals surface area contributed by atoms with E-state index in [1.54, 1.807) is 0 Å². The first-order valence-corrected chi connectivity index (χ1v) is 13.3. The van der Waals surface area contributed by atoms with E-state index in [2.05, 4.69) is 135 Å². The van der Waals surface area contributed by atoms with Gasteiger partial charge in [-0.2, -0.15) is 0 Å². The molecule has 1 saturated carbocycles. The van der Waals surface area contributed by atoms with Crippen LogP contribution in [0.4, 0.5) is 0 Å².